The van der Waals surface area contributed by atoms with Gasteiger partial charge in [-0.05, 0) is 25.3 Å². The van der Waals surface area contributed by atoms with Crippen LogP contribution in [0.5, 0.6) is 0 Å². The molecule has 0 aliphatic carbocycles. The van der Waals surface area contributed by atoms with E-state index in [4.69, 9.17) is 5.73 Å². The highest BCUT2D eigenvalue weighted by Crippen LogP contribution is 2.22. The number of carbonyl (C=O) groups excluding carboxylic acids is 2. The zero-order valence-electron chi connectivity index (χ0n) is 11.5. The largest absolute Gasteiger partial charge is 0.384 e. The van der Waals surface area contributed by atoms with Crippen molar-refractivity contribution in [2.45, 2.75) is 26.0 Å². The quantitative estimate of drug-likeness (QED) is 0.733. The van der Waals surface area contributed by atoms with Crippen LogP contribution in [0.2, 0.25) is 0 Å². The van der Waals surface area contributed by atoms with Crippen LogP contribution >= 0.6 is 11.3 Å². The molecular weight excluding hydrogens is 294 g/mol. The van der Waals surface area contributed by atoms with E-state index in [1.54, 1.807) is 25.3 Å². The number of thiophene rings is 1. The lowest BCUT2D eigenvalue weighted by molar-refractivity contribution is -0.116. The van der Waals surface area contributed by atoms with Gasteiger partial charge in [0.05, 0.1) is 11.8 Å². The Morgan fingerprint density at radius 2 is 2.24 bits per heavy atom. The molecule has 0 unspecified atom stereocenters. The lowest BCUT2D eigenvalue weighted by atomic mass is 10.1. The minimum Gasteiger partial charge on any atom is -0.384 e. The number of aliphatic hydroxyl groups is 1. The van der Waals surface area contributed by atoms with E-state index in [-0.39, 0.29) is 18.0 Å². The fraction of sp³-hybridized carbons (Fsp3) is 0.333. The number of rotatable bonds is 5. The number of hydrogen-bond acceptors (Lipinski definition) is 6. The van der Waals surface area contributed by atoms with Crippen molar-refractivity contribution in [2.24, 2.45) is 5.73 Å². The van der Waals surface area contributed by atoms with Crippen LogP contribution in [0.1, 0.15) is 29.9 Å². The summed E-state index contributed by atoms with van der Waals surface area (Å²) in [6.45, 7) is 3.07. The molecule has 0 saturated heterocycles. The van der Waals surface area contributed by atoms with Crippen molar-refractivity contribution in [3.8, 4) is 0 Å². The second kappa shape index (κ2) is 5.62. The number of primary amides is 1. The van der Waals surface area contributed by atoms with Gasteiger partial charge in [-0.3, -0.25) is 9.59 Å². The minimum absolute atomic E-state index is 0.0841. The minimum atomic E-state index is -1.12. The molecule has 0 fully saturated rings. The molecule has 0 aliphatic rings. The highest BCUT2D eigenvalue weighted by Gasteiger charge is 2.21. The normalized spacial score (nSPS) is 11.4. The van der Waals surface area contributed by atoms with Crippen LogP contribution in [0.3, 0.4) is 0 Å². The summed E-state index contributed by atoms with van der Waals surface area (Å²) >= 11 is 1.21. The number of carbonyl (C=O) groups is 2. The fourth-order valence-corrected chi connectivity index (χ4v) is 2.38. The predicted molar refractivity (Wildman–Crippen MR) is 76.7 cm³/mol. The first-order valence-corrected chi connectivity index (χ1v) is 6.95. The second-order valence-corrected chi connectivity index (χ2v) is 5.85. The Morgan fingerprint density at radius 3 is 2.81 bits per heavy atom. The maximum Gasteiger partial charge on any atom is 0.251 e. The Labute approximate surface area is 124 Å². The number of anilines is 1. The molecule has 9 heteroatoms. The first kappa shape index (κ1) is 15.1. The third kappa shape index (κ3) is 3.64. The van der Waals surface area contributed by atoms with Gasteiger partial charge in [0.1, 0.15) is 22.8 Å². The summed E-state index contributed by atoms with van der Waals surface area (Å²) in [5.41, 5.74) is 4.71. The number of nitrogens with zero attached hydrogens (tertiary/aromatic N) is 3. The van der Waals surface area contributed by atoms with E-state index in [0.29, 0.717) is 10.7 Å². The molecule has 2 aromatic heterocycles. The molecule has 0 saturated carbocycles. The van der Waals surface area contributed by atoms with Crippen LogP contribution in [0, 0.1) is 0 Å². The van der Waals surface area contributed by atoms with Gasteiger partial charge in [-0.15, -0.1) is 16.4 Å². The number of hydrogen-bond donors (Lipinski definition) is 3. The smallest absolute Gasteiger partial charge is 0.251 e. The van der Waals surface area contributed by atoms with Crippen LogP contribution in [-0.4, -0.2) is 31.9 Å². The van der Waals surface area contributed by atoms with Crippen LogP contribution in [-0.2, 0) is 16.9 Å². The van der Waals surface area contributed by atoms with Crippen LogP contribution in [0.25, 0.3) is 0 Å². The molecule has 2 rings (SSSR count). The average molecular weight is 309 g/mol. The van der Waals surface area contributed by atoms with Crippen molar-refractivity contribution in [3.63, 3.8) is 0 Å². The van der Waals surface area contributed by atoms with Crippen molar-refractivity contribution in [3.05, 3.63) is 28.9 Å². The van der Waals surface area contributed by atoms with Crippen LogP contribution in [0.15, 0.2) is 17.6 Å². The van der Waals surface area contributed by atoms with Gasteiger partial charge in [0.15, 0.2) is 0 Å². The Kier molecular flexibility index (Phi) is 4.05. The Morgan fingerprint density at radius 1 is 1.52 bits per heavy atom. The van der Waals surface area contributed by atoms with E-state index in [9.17, 15) is 14.7 Å². The van der Waals surface area contributed by atoms with Gasteiger partial charge in [0, 0.05) is 0 Å². The molecule has 4 N–H and O–H groups in total. The topological polar surface area (TPSA) is 123 Å². The van der Waals surface area contributed by atoms with Gasteiger partial charge in [-0.1, -0.05) is 5.21 Å². The molecule has 0 atom stereocenters. The molecule has 0 aliphatic heterocycles. The third-order valence-electron chi connectivity index (χ3n) is 2.65. The van der Waals surface area contributed by atoms with E-state index in [1.165, 1.54) is 22.2 Å². The van der Waals surface area contributed by atoms with E-state index in [0.717, 1.165) is 0 Å². The Hall–Kier alpha value is -2.26. The van der Waals surface area contributed by atoms with E-state index in [1.807, 2.05) is 0 Å². The third-order valence-corrected chi connectivity index (χ3v) is 3.48. The standard InChI is InChI=1S/C12H15N5O3S/c1-12(2,20)8-5-17(16-15-8)6-9(18)14-11-7(10(13)19)3-4-21-11/h3-5,20H,6H2,1-2H3,(H2,13,19)(H,14,18). The molecule has 0 aromatic carbocycles. The van der Waals surface area contributed by atoms with Gasteiger partial charge in [0.25, 0.3) is 5.91 Å². The summed E-state index contributed by atoms with van der Waals surface area (Å²) < 4.78 is 1.31. The zero-order valence-corrected chi connectivity index (χ0v) is 12.3. The lowest BCUT2D eigenvalue weighted by Crippen LogP contribution is -2.21. The number of nitrogens with two attached hydrogens (primary N) is 1. The summed E-state index contributed by atoms with van der Waals surface area (Å²) in [6, 6.07) is 1.55. The number of aromatic nitrogens is 3. The summed E-state index contributed by atoms with van der Waals surface area (Å²) in [6.07, 6.45) is 1.49. The SMILES string of the molecule is CC(C)(O)c1cn(CC(=O)Nc2sccc2C(N)=O)nn1. The monoisotopic (exact) mass is 309 g/mol. The molecule has 2 amide bonds. The Bertz CT molecular complexity index is 670. The second-order valence-electron chi connectivity index (χ2n) is 4.94. The Balaban J connectivity index is 2.03. The molecule has 0 radical (unpaired) electrons. The molecule has 0 spiro atoms. The molecule has 8 nitrogen and oxygen atoms in total. The highest BCUT2D eigenvalue weighted by atomic mass is 32.1. The summed E-state index contributed by atoms with van der Waals surface area (Å²) in [5.74, 6) is -0.969. The molecule has 112 valence electrons. The van der Waals surface area contributed by atoms with Crippen LogP contribution in [0.4, 0.5) is 5.00 Å². The van der Waals surface area contributed by atoms with Gasteiger partial charge in [0.2, 0.25) is 5.91 Å². The lowest BCUT2D eigenvalue weighted by Gasteiger charge is -2.11. The summed E-state index contributed by atoms with van der Waals surface area (Å²) in [5, 5.41) is 22.0. The predicted octanol–water partition coefficient (Wildman–Crippen LogP) is 0.305. The molecular formula is C12H15N5O3S. The zero-order chi connectivity index (χ0) is 15.6. The van der Waals surface area contributed by atoms with Crippen molar-refractivity contribution in [2.75, 3.05) is 5.32 Å². The van der Waals surface area contributed by atoms with E-state index >= 15 is 0 Å². The summed E-state index contributed by atoms with van der Waals surface area (Å²) in [7, 11) is 0. The first-order chi connectivity index (χ1) is 9.77. The molecule has 2 aromatic rings. The van der Waals surface area contributed by atoms with E-state index in [2.05, 4.69) is 15.6 Å². The van der Waals surface area contributed by atoms with Crippen molar-refractivity contribution in [1.82, 2.24) is 15.0 Å². The number of nitrogens with one attached hydrogen (secondary N) is 1. The van der Waals surface area contributed by atoms with Gasteiger partial charge in [-0.2, -0.15) is 0 Å². The van der Waals surface area contributed by atoms with Crippen LogP contribution < -0.4 is 11.1 Å². The van der Waals surface area contributed by atoms with Crippen molar-refractivity contribution >= 4 is 28.2 Å². The first-order valence-electron chi connectivity index (χ1n) is 6.07. The summed E-state index contributed by atoms with van der Waals surface area (Å²) in [4.78, 5) is 23.1. The van der Waals surface area contributed by atoms with E-state index < -0.39 is 11.5 Å². The molecule has 0 bridgehead atoms. The molecule has 2 heterocycles. The average Bonchev–Trinajstić information content (AvgIpc) is 2.96. The fourth-order valence-electron chi connectivity index (χ4n) is 1.57. The molecule has 21 heavy (non-hydrogen) atoms. The van der Waals surface area contributed by atoms with Gasteiger partial charge < -0.3 is 16.2 Å². The maximum absolute atomic E-state index is 11.9. The highest BCUT2D eigenvalue weighted by molar-refractivity contribution is 7.14. The van der Waals surface area contributed by atoms with Gasteiger partial charge >= 0.3 is 0 Å². The van der Waals surface area contributed by atoms with Crippen molar-refractivity contribution in [1.29, 1.82) is 0 Å². The van der Waals surface area contributed by atoms with Crippen molar-refractivity contribution < 1.29 is 14.7 Å². The number of amides is 2. The van der Waals surface area contributed by atoms with Gasteiger partial charge in [-0.25, -0.2) is 4.68 Å². The maximum atomic E-state index is 11.9.